The quantitative estimate of drug-likeness (QED) is 0.162. The first-order chi connectivity index (χ1) is 19.1. The van der Waals surface area contributed by atoms with Crippen LogP contribution < -0.4 is 10.6 Å². The fourth-order valence-corrected chi connectivity index (χ4v) is 5.03. The standard InChI is InChI=1S/C30H23ClN2O6S/c1-17-7-9-20(31)16-25(17)33-28(35)26(18-5-3-2-4-6-18)40-22-12-10-21(11-13-22)32-27(34)23-14-8-19(29(36)37)15-24(23)30(38)39/h2-16,26H,1H3,(H,32,34)(H,33,35)(H,36,37)(H,38,39). The lowest BCUT2D eigenvalue weighted by atomic mass is 10.0. The smallest absolute Gasteiger partial charge is 0.336 e. The van der Waals surface area contributed by atoms with E-state index in [4.69, 9.17) is 16.7 Å². The van der Waals surface area contributed by atoms with Crippen molar-refractivity contribution in [3.8, 4) is 0 Å². The molecule has 4 N–H and O–H groups in total. The third-order valence-electron chi connectivity index (χ3n) is 5.91. The minimum atomic E-state index is -1.42. The Labute approximate surface area is 239 Å². The number of anilines is 2. The van der Waals surface area contributed by atoms with E-state index in [2.05, 4.69) is 10.6 Å². The van der Waals surface area contributed by atoms with Crippen molar-refractivity contribution in [2.75, 3.05) is 10.6 Å². The molecule has 0 fully saturated rings. The molecule has 0 aliphatic rings. The van der Waals surface area contributed by atoms with E-state index < -0.39 is 28.7 Å². The third kappa shape index (κ3) is 6.88. The molecule has 4 rings (SSSR count). The molecule has 4 aromatic carbocycles. The summed E-state index contributed by atoms with van der Waals surface area (Å²) in [5.41, 5.74) is 1.85. The van der Waals surface area contributed by atoms with E-state index >= 15 is 0 Å². The molecule has 0 spiro atoms. The number of rotatable bonds is 9. The topological polar surface area (TPSA) is 133 Å². The number of amides is 2. The summed E-state index contributed by atoms with van der Waals surface area (Å²) in [7, 11) is 0. The van der Waals surface area contributed by atoms with Crippen LogP contribution in [-0.2, 0) is 4.79 Å². The van der Waals surface area contributed by atoms with Gasteiger partial charge in [0.15, 0.2) is 0 Å². The Hall–Kier alpha value is -4.60. The predicted octanol–water partition coefficient (Wildman–Crippen LogP) is 6.77. The summed E-state index contributed by atoms with van der Waals surface area (Å²) in [6.07, 6.45) is 0. The lowest BCUT2D eigenvalue weighted by Gasteiger charge is -2.18. The summed E-state index contributed by atoms with van der Waals surface area (Å²) in [6.45, 7) is 1.88. The van der Waals surface area contributed by atoms with Crippen LogP contribution in [0.1, 0.15) is 47.5 Å². The number of carbonyl (C=O) groups excluding carboxylic acids is 2. The Kier molecular flexibility index (Phi) is 8.88. The van der Waals surface area contributed by atoms with Crippen LogP contribution in [0.4, 0.5) is 11.4 Å². The Morgan fingerprint density at radius 3 is 2.12 bits per heavy atom. The van der Waals surface area contributed by atoms with E-state index in [9.17, 15) is 24.3 Å². The summed E-state index contributed by atoms with van der Waals surface area (Å²) in [5.74, 6) is -3.65. The van der Waals surface area contributed by atoms with Crippen molar-refractivity contribution in [3.05, 3.63) is 124 Å². The lowest BCUT2D eigenvalue weighted by Crippen LogP contribution is -2.19. The number of aryl methyl sites for hydroxylation is 1. The lowest BCUT2D eigenvalue weighted by molar-refractivity contribution is -0.115. The van der Waals surface area contributed by atoms with Crippen molar-refractivity contribution in [2.24, 2.45) is 0 Å². The summed E-state index contributed by atoms with van der Waals surface area (Å²) in [5, 5.41) is 24.1. The van der Waals surface area contributed by atoms with E-state index in [1.807, 2.05) is 43.3 Å². The number of nitrogens with one attached hydrogen (secondary N) is 2. The zero-order chi connectivity index (χ0) is 28.8. The number of carbonyl (C=O) groups is 4. The van der Waals surface area contributed by atoms with E-state index in [0.717, 1.165) is 28.2 Å². The van der Waals surface area contributed by atoms with Gasteiger partial charge in [-0.1, -0.05) is 48.0 Å². The summed E-state index contributed by atoms with van der Waals surface area (Å²) >= 11 is 7.44. The van der Waals surface area contributed by atoms with Crippen molar-refractivity contribution in [1.29, 1.82) is 0 Å². The van der Waals surface area contributed by atoms with Crippen LogP contribution in [0, 0.1) is 6.92 Å². The molecule has 1 unspecified atom stereocenters. The molecule has 0 saturated heterocycles. The second-order valence-corrected chi connectivity index (χ2v) is 10.3. The third-order valence-corrected chi connectivity index (χ3v) is 7.41. The molecule has 0 heterocycles. The van der Waals surface area contributed by atoms with Gasteiger partial charge in [-0.2, -0.15) is 0 Å². The minimum absolute atomic E-state index is 0.173. The van der Waals surface area contributed by atoms with Crippen molar-refractivity contribution < 1.29 is 29.4 Å². The fraction of sp³-hybridized carbons (Fsp3) is 0.0667. The van der Waals surface area contributed by atoms with Gasteiger partial charge in [-0.3, -0.25) is 9.59 Å². The average molecular weight is 575 g/mol. The average Bonchev–Trinajstić information content (AvgIpc) is 2.94. The highest BCUT2D eigenvalue weighted by molar-refractivity contribution is 8.00. The number of hydrogen-bond acceptors (Lipinski definition) is 5. The maximum absolute atomic E-state index is 13.4. The molecule has 202 valence electrons. The largest absolute Gasteiger partial charge is 0.478 e. The Balaban J connectivity index is 1.52. The van der Waals surface area contributed by atoms with Crippen LogP contribution >= 0.6 is 23.4 Å². The minimum Gasteiger partial charge on any atom is -0.478 e. The monoisotopic (exact) mass is 574 g/mol. The number of halogens is 1. The molecular weight excluding hydrogens is 552 g/mol. The van der Waals surface area contributed by atoms with E-state index in [1.54, 1.807) is 36.4 Å². The summed E-state index contributed by atoms with van der Waals surface area (Å²) in [4.78, 5) is 49.7. The highest BCUT2D eigenvalue weighted by Gasteiger charge is 2.23. The maximum atomic E-state index is 13.4. The highest BCUT2D eigenvalue weighted by atomic mass is 35.5. The highest BCUT2D eigenvalue weighted by Crippen LogP contribution is 2.37. The summed E-state index contributed by atoms with van der Waals surface area (Å²) in [6, 6.07) is 24.6. The second kappa shape index (κ2) is 12.5. The molecule has 10 heteroatoms. The van der Waals surface area contributed by atoms with E-state index in [-0.39, 0.29) is 17.0 Å². The number of benzene rings is 4. The molecule has 2 amide bonds. The van der Waals surface area contributed by atoms with Crippen molar-refractivity contribution in [2.45, 2.75) is 17.1 Å². The van der Waals surface area contributed by atoms with Crippen LogP contribution in [0.25, 0.3) is 0 Å². The molecule has 0 aliphatic heterocycles. The van der Waals surface area contributed by atoms with Gasteiger partial charge in [0.1, 0.15) is 5.25 Å². The molecule has 8 nitrogen and oxygen atoms in total. The van der Waals surface area contributed by atoms with Gasteiger partial charge in [0, 0.05) is 21.3 Å². The van der Waals surface area contributed by atoms with Crippen LogP contribution in [0.5, 0.6) is 0 Å². The Morgan fingerprint density at radius 2 is 1.48 bits per heavy atom. The Bertz CT molecular complexity index is 1590. The van der Waals surface area contributed by atoms with Crippen LogP contribution in [0.2, 0.25) is 5.02 Å². The zero-order valence-electron chi connectivity index (χ0n) is 21.1. The van der Waals surface area contributed by atoms with Gasteiger partial charge in [0.05, 0.1) is 16.7 Å². The summed E-state index contributed by atoms with van der Waals surface area (Å²) < 4.78 is 0. The zero-order valence-corrected chi connectivity index (χ0v) is 22.6. The van der Waals surface area contributed by atoms with Gasteiger partial charge < -0.3 is 20.8 Å². The SMILES string of the molecule is Cc1ccc(Cl)cc1NC(=O)C(Sc1ccc(NC(=O)c2ccc(C(=O)O)cc2C(=O)O)cc1)c1ccccc1. The van der Waals surface area contributed by atoms with Crippen LogP contribution in [0.15, 0.2) is 95.9 Å². The molecule has 0 saturated carbocycles. The predicted molar refractivity (Wildman–Crippen MR) is 155 cm³/mol. The van der Waals surface area contributed by atoms with Gasteiger partial charge in [-0.25, -0.2) is 9.59 Å². The molecule has 0 aliphatic carbocycles. The van der Waals surface area contributed by atoms with Gasteiger partial charge in [-0.05, 0) is 72.6 Å². The first-order valence-electron chi connectivity index (χ1n) is 11.9. The van der Waals surface area contributed by atoms with Gasteiger partial charge in [0.2, 0.25) is 5.91 Å². The van der Waals surface area contributed by atoms with Crippen molar-refractivity contribution in [1.82, 2.24) is 0 Å². The van der Waals surface area contributed by atoms with Crippen LogP contribution in [-0.4, -0.2) is 34.0 Å². The van der Waals surface area contributed by atoms with E-state index in [1.165, 1.54) is 17.8 Å². The molecule has 1 atom stereocenters. The molecule has 4 aromatic rings. The Morgan fingerprint density at radius 1 is 0.775 bits per heavy atom. The van der Waals surface area contributed by atoms with Crippen molar-refractivity contribution >= 4 is 58.5 Å². The van der Waals surface area contributed by atoms with Gasteiger partial charge in [-0.15, -0.1) is 11.8 Å². The second-order valence-electron chi connectivity index (χ2n) is 8.71. The fourth-order valence-electron chi connectivity index (χ4n) is 3.83. The molecular formula is C30H23ClN2O6S. The van der Waals surface area contributed by atoms with Crippen molar-refractivity contribution in [3.63, 3.8) is 0 Å². The first-order valence-corrected chi connectivity index (χ1v) is 13.2. The number of aromatic carboxylic acids is 2. The molecule has 40 heavy (non-hydrogen) atoms. The van der Waals surface area contributed by atoms with Gasteiger partial charge in [0.25, 0.3) is 5.91 Å². The first kappa shape index (κ1) is 28.4. The number of carboxylic acid groups (broad SMARTS) is 2. The number of carboxylic acids is 2. The number of thioether (sulfide) groups is 1. The maximum Gasteiger partial charge on any atom is 0.336 e. The molecule has 0 radical (unpaired) electrons. The molecule has 0 bridgehead atoms. The van der Waals surface area contributed by atoms with Gasteiger partial charge >= 0.3 is 11.9 Å². The van der Waals surface area contributed by atoms with Crippen LogP contribution in [0.3, 0.4) is 0 Å². The van der Waals surface area contributed by atoms with E-state index in [0.29, 0.717) is 16.4 Å². The number of hydrogen-bond donors (Lipinski definition) is 4. The molecule has 0 aromatic heterocycles. The normalized spacial score (nSPS) is 11.3.